The molecule has 1 amide bonds. The zero-order chi connectivity index (χ0) is 16.7. The topological polar surface area (TPSA) is 99.8 Å². The van der Waals surface area contributed by atoms with Gasteiger partial charge in [-0.15, -0.1) is 0 Å². The highest BCUT2D eigenvalue weighted by atomic mass is 16.2. The molecule has 0 unspecified atom stereocenters. The summed E-state index contributed by atoms with van der Waals surface area (Å²) in [6.07, 6.45) is 4.29. The fraction of sp³-hybridized carbons (Fsp3) is 0.375. The van der Waals surface area contributed by atoms with Crippen LogP contribution in [0.1, 0.15) is 23.5 Å². The summed E-state index contributed by atoms with van der Waals surface area (Å²) in [5.41, 5.74) is 1.72. The van der Waals surface area contributed by atoms with Crippen molar-refractivity contribution in [3.05, 3.63) is 52.0 Å². The number of hydrogen-bond donors (Lipinski definition) is 3. The second kappa shape index (κ2) is 8.07. The van der Waals surface area contributed by atoms with Gasteiger partial charge in [-0.2, -0.15) is 0 Å². The zero-order valence-electron chi connectivity index (χ0n) is 13.3. The lowest BCUT2D eigenvalue weighted by Gasteiger charge is -2.08. The van der Waals surface area contributed by atoms with Crippen LogP contribution in [0, 0.1) is 13.8 Å². The third-order valence-electron chi connectivity index (χ3n) is 3.34. The van der Waals surface area contributed by atoms with Crippen molar-refractivity contribution in [2.75, 3.05) is 18.4 Å². The van der Waals surface area contributed by atoms with E-state index in [4.69, 9.17) is 0 Å². The third-order valence-corrected chi connectivity index (χ3v) is 3.34. The minimum atomic E-state index is -0.247. The Morgan fingerprint density at radius 1 is 1.30 bits per heavy atom. The van der Waals surface area contributed by atoms with E-state index in [1.807, 2.05) is 12.1 Å². The SMILES string of the molecule is Cc1nc(C)c(CC(=O)NCCCNc2cccnc2)c(=O)[nH]1. The van der Waals surface area contributed by atoms with E-state index in [0.717, 1.165) is 18.7 Å². The van der Waals surface area contributed by atoms with Crippen LogP contribution < -0.4 is 16.2 Å². The van der Waals surface area contributed by atoms with E-state index in [1.165, 1.54) is 0 Å². The summed E-state index contributed by atoms with van der Waals surface area (Å²) < 4.78 is 0. The van der Waals surface area contributed by atoms with Gasteiger partial charge < -0.3 is 15.6 Å². The highest BCUT2D eigenvalue weighted by molar-refractivity contribution is 5.78. The normalized spacial score (nSPS) is 10.3. The van der Waals surface area contributed by atoms with Crippen molar-refractivity contribution in [3.63, 3.8) is 0 Å². The molecular weight excluding hydrogens is 294 g/mol. The molecule has 0 bridgehead atoms. The maximum absolute atomic E-state index is 11.9. The van der Waals surface area contributed by atoms with Crippen LogP contribution in [0.25, 0.3) is 0 Å². The zero-order valence-corrected chi connectivity index (χ0v) is 13.3. The molecule has 7 heteroatoms. The van der Waals surface area contributed by atoms with Gasteiger partial charge in [-0.25, -0.2) is 4.98 Å². The van der Waals surface area contributed by atoms with E-state index in [-0.39, 0.29) is 17.9 Å². The number of anilines is 1. The standard InChI is InChI=1S/C16H21N5O2/c1-11-14(16(23)21-12(2)20-11)9-15(22)19-8-4-7-18-13-5-3-6-17-10-13/h3,5-6,10,18H,4,7-9H2,1-2H3,(H,19,22)(H,20,21,23). The molecule has 0 aliphatic rings. The van der Waals surface area contributed by atoms with Crippen LogP contribution in [0.15, 0.2) is 29.3 Å². The number of carbonyl (C=O) groups excluding carboxylic acids is 1. The maximum Gasteiger partial charge on any atom is 0.254 e. The average molecular weight is 315 g/mol. The first-order valence-corrected chi connectivity index (χ1v) is 7.53. The Labute approximate surface area is 134 Å². The number of rotatable bonds is 7. The monoisotopic (exact) mass is 315 g/mol. The Kier molecular flexibility index (Phi) is 5.85. The quantitative estimate of drug-likeness (QED) is 0.660. The summed E-state index contributed by atoms with van der Waals surface area (Å²) in [7, 11) is 0. The van der Waals surface area contributed by atoms with E-state index in [1.54, 1.807) is 26.2 Å². The second-order valence-electron chi connectivity index (χ2n) is 5.26. The van der Waals surface area contributed by atoms with Crippen molar-refractivity contribution in [1.29, 1.82) is 0 Å². The van der Waals surface area contributed by atoms with Gasteiger partial charge in [-0.3, -0.25) is 14.6 Å². The molecule has 0 radical (unpaired) electrons. The molecule has 0 aromatic carbocycles. The Balaban J connectivity index is 1.73. The van der Waals surface area contributed by atoms with Crippen LogP contribution in [0.3, 0.4) is 0 Å². The Morgan fingerprint density at radius 3 is 2.83 bits per heavy atom. The highest BCUT2D eigenvalue weighted by Gasteiger charge is 2.11. The average Bonchev–Trinajstić information content (AvgIpc) is 2.51. The van der Waals surface area contributed by atoms with Crippen molar-refractivity contribution >= 4 is 11.6 Å². The van der Waals surface area contributed by atoms with Gasteiger partial charge in [0.15, 0.2) is 0 Å². The van der Waals surface area contributed by atoms with Gasteiger partial charge >= 0.3 is 0 Å². The van der Waals surface area contributed by atoms with Crippen LogP contribution in [0.5, 0.6) is 0 Å². The molecule has 122 valence electrons. The van der Waals surface area contributed by atoms with Gasteiger partial charge in [-0.05, 0) is 32.4 Å². The number of H-pyrrole nitrogens is 1. The summed E-state index contributed by atoms with van der Waals surface area (Å²) >= 11 is 0. The molecule has 2 heterocycles. The fourth-order valence-corrected chi connectivity index (χ4v) is 2.20. The number of aryl methyl sites for hydroxylation is 2. The summed E-state index contributed by atoms with van der Waals surface area (Å²) in [6.45, 7) is 4.73. The van der Waals surface area contributed by atoms with Gasteiger partial charge in [0.25, 0.3) is 5.56 Å². The van der Waals surface area contributed by atoms with Crippen molar-refractivity contribution in [2.45, 2.75) is 26.7 Å². The van der Waals surface area contributed by atoms with Gasteiger partial charge in [0.1, 0.15) is 5.82 Å². The van der Waals surface area contributed by atoms with Gasteiger partial charge in [0, 0.05) is 36.7 Å². The van der Waals surface area contributed by atoms with E-state index >= 15 is 0 Å². The van der Waals surface area contributed by atoms with Crippen LogP contribution in [0.2, 0.25) is 0 Å². The van der Waals surface area contributed by atoms with E-state index in [9.17, 15) is 9.59 Å². The number of pyridine rings is 1. The molecule has 0 fully saturated rings. The lowest BCUT2D eigenvalue weighted by atomic mass is 10.1. The van der Waals surface area contributed by atoms with Crippen LogP contribution in [-0.2, 0) is 11.2 Å². The molecule has 2 aromatic rings. The number of aromatic nitrogens is 3. The Hall–Kier alpha value is -2.70. The number of hydrogen-bond acceptors (Lipinski definition) is 5. The number of nitrogens with one attached hydrogen (secondary N) is 3. The molecule has 3 N–H and O–H groups in total. The molecule has 0 aliphatic heterocycles. The van der Waals surface area contributed by atoms with Crippen LogP contribution in [0.4, 0.5) is 5.69 Å². The first kappa shape index (κ1) is 16.7. The molecule has 7 nitrogen and oxygen atoms in total. The molecule has 0 atom stereocenters. The second-order valence-corrected chi connectivity index (χ2v) is 5.26. The minimum Gasteiger partial charge on any atom is -0.384 e. The Morgan fingerprint density at radius 2 is 2.13 bits per heavy atom. The van der Waals surface area contributed by atoms with Crippen LogP contribution >= 0.6 is 0 Å². The largest absolute Gasteiger partial charge is 0.384 e. The fourth-order valence-electron chi connectivity index (χ4n) is 2.20. The summed E-state index contributed by atoms with van der Waals surface area (Å²) in [5.74, 6) is 0.378. The predicted octanol–water partition coefficient (Wildman–Crippen LogP) is 0.943. The first-order chi connectivity index (χ1) is 11.1. The van der Waals surface area contributed by atoms with Crippen molar-refractivity contribution in [3.8, 4) is 0 Å². The number of amides is 1. The van der Waals surface area contributed by atoms with Crippen LogP contribution in [-0.4, -0.2) is 33.9 Å². The van der Waals surface area contributed by atoms with Crippen molar-refractivity contribution in [1.82, 2.24) is 20.3 Å². The molecule has 0 saturated carbocycles. The van der Waals surface area contributed by atoms with Gasteiger partial charge in [0.05, 0.1) is 12.1 Å². The molecular formula is C16H21N5O2. The van der Waals surface area contributed by atoms with Crippen molar-refractivity contribution < 1.29 is 4.79 Å². The molecule has 0 aliphatic carbocycles. The third kappa shape index (κ3) is 5.21. The van der Waals surface area contributed by atoms with Crippen molar-refractivity contribution in [2.24, 2.45) is 0 Å². The molecule has 0 saturated heterocycles. The smallest absolute Gasteiger partial charge is 0.254 e. The van der Waals surface area contributed by atoms with E-state index < -0.39 is 0 Å². The number of nitrogens with zero attached hydrogens (tertiary/aromatic N) is 2. The molecule has 2 rings (SSSR count). The predicted molar refractivity (Wildman–Crippen MR) is 88.4 cm³/mol. The van der Waals surface area contributed by atoms with Gasteiger partial charge in [0.2, 0.25) is 5.91 Å². The lowest BCUT2D eigenvalue weighted by Crippen LogP contribution is -2.30. The summed E-state index contributed by atoms with van der Waals surface area (Å²) in [5, 5.41) is 6.03. The number of aromatic amines is 1. The highest BCUT2D eigenvalue weighted by Crippen LogP contribution is 2.02. The van der Waals surface area contributed by atoms with E-state index in [0.29, 0.717) is 23.6 Å². The lowest BCUT2D eigenvalue weighted by molar-refractivity contribution is -0.120. The van der Waals surface area contributed by atoms with E-state index in [2.05, 4.69) is 25.6 Å². The summed E-state index contributed by atoms with van der Waals surface area (Å²) in [4.78, 5) is 34.6. The molecule has 2 aromatic heterocycles. The summed E-state index contributed by atoms with van der Waals surface area (Å²) in [6, 6.07) is 3.80. The maximum atomic E-state index is 11.9. The van der Waals surface area contributed by atoms with Gasteiger partial charge in [-0.1, -0.05) is 0 Å². The first-order valence-electron chi connectivity index (χ1n) is 7.53. The molecule has 0 spiro atoms. The number of carbonyl (C=O) groups is 1. The Bertz CT molecular complexity index is 712. The minimum absolute atomic E-state index is 0.0461. The molecule has 23 heavy (non-hydrogen) atoms.